The van der Waals surface area contributed by atoms with Gasteiger partial charge in [0.25, 0.3) is 0 Å². The third-order valence-electron chi connectivity index (χ3n) is 4.33. The second-order valence-corrected chi connectivity index (χ2v) is 6.97. The summed E-state index contributed by atoms with van der Waals surface area (Å²) in [5, 5.41) is 9.52. The van der Waals surface area contributed by atoms with Crippen LogP contribution in [0.1, 0.15) is 20.3 Å². The van der Waals surface area contributed by atoms with E-state index in [0.29, 0.717) is 6.54 Å². The second kappa shape index (κ2) is 6.64. The molecular formula is C16H23NO2S. The molecule has 4 heteroatoms. The predicted molar refractivity (Wildman–Crippen MR) is 83.1 cm³/mol. The molecule has 0 aliphatic carbocycles. The van der Waals surface area contributed by atoms with Gasteiger partial charge >= 0.3 is 5.97 Å². The van der Waals surface area contributed by atoms with Crippen LogP contribution in [0.25, 0.3) is 0 Å². The summed E-state index contributed by atoms with van der Waals surface area (Å²) in [4.78, 5) is 15.1. The number of hydrogen-bond donors (Lipinski definition) is 1. The minimum Gasteiger partial charge on any atom is -0.481 e. The lowest BCUT2D eigenvalue weighted by atomic mass is 9.76. The molecule has 0 aromatic heterocycles. The van der Waals surface area contributed by atoms with Gasteiger partial charge in [0, 0.05) is 23.7 Å². The molecule has 2 rings (SSSR count). The Morgan fingerprint density at radius 2 is 2.10 bits per heavy atom. The number of likely N-dealkylation sites (tertiary alicyclic amines) is 1. The number of aliphatic carboxylic acids is 1. The van der Waals surface area contributed by atoms with Crippen molar-refractivity contribution in [3.8, 4) is 0 Å². The quantitative estimate of drug-likeness (QED) is 0.818. The Labute approximate surface area is 125 Å². The van der Waals surface area contributed by atoms with Crippen molar-refractivity contribution in [2.75, 3.05) is 25.4 Å². The van der Waals surface area contributed by atoms with E-state index in [4.69, 9.17) is 0 Å². The van der Waals surface area contributed by atoms with Crippen LogP contribution in [0.5, 0.6) is 0 Å². The van der Waals surface area contributed by atoms with E-state index in [-0.39, 0.29) is 5.92 Å². The molecule has 0 radical (unpaired) electrons. The zero-order chi connectivity index (χ0) is 14.6. The van der Waals surface area contributed by atoms with Gasteiger partial charge in [-0.25, -0.2) is 0 Å². The average molecular weight is 293 g/mol. The van der Waals surface area contributed by atoms with E-state index >= 15 is 0 Å². The molecule has 3 nitrogen and oxygen atoms in total. The molecule has 1 aromatic carbocycles. The van der Waals surface area contributed by atoms with Crippen LogP contribution in [0.15, 0.2) is 35.2 Å². The fourth-order valence-electron chi connectivity index (χ4n) is 2.81. The molecule has 1 atom stereocenters. The molecular weight excluding hydrogens is 270 g/mol. The number of carbonyl (C=O) groups is 1. The molecule has 1 saturated heterocycles. The monoisotopic (exact) mass is 293 g/mol. The average Bonchev–Trinajstić information content (AvgIpc) is 2.86. The molecule has 0 saturated carbocycles. The van der Waals surface area contributed by atoms with Crippen molar-refractivity contribution in [2.24, 2.45) is 11.3 Å². The Morgan fingerprint density at radius 3 is 2.65 bits per heavy atom. The highest BCUT2D eigenvalue weighted by atomic mass is 32.2. The van der Waals surface area contributed by atoms with Crippen LogP contribution < -0.4 is 0 Å². The second-order valence-electron chi connectivity index (χ2n) is 5.80. The van der Waals surface area contributed by atoms with E-state index in [1.54, 1.807) is 0 Å². The number of carboxylic acid groups (broad SMARTS) is 1. The van der Waals surface area contributed by atoms with E-state index in [2.05, 4.69) is 17.0 Å². The van der Waals surface area contributed by atoms with Gasteiger partial charge < -0.3 is 10.0 Å². The van der Waals surface area contributed by atoms with Gasteiger partial charge in [0.15, 0.2) is 0 Å². The highest BCUT2D eigenvalue weighted by Gasteiger charge is 2.46. The van der Waals surface area contributed by atoms with Gasteiger partial charge in [-0.05, 0) is 31.0 Å². The number of benzene rings is 1. The van der Waals surface area contributed by atoms with Crippen molar-refractivity contribution >= 4 is 17.7 Å². The van der Waals surface area contributed by atoms with E-state index < -0.39 is 11.4 Å². The molecule has 1 heterocycles. The van der Waals surface area contributed by atoms with Gasteiger partial charge in [0.2, 0.25) is 0 Å². The Kier molecular flexibility index (Phi) is 5.11. The molecule has 1 aliphatic heterocycles. The van der Waals surface area contributed by atoms with Crippen LogP contribution >= 0.6 is 11.8 Å². The van der Waals surface area contributed by atoms with Gasteiger partial charge in [-0.15, -0.1) is 11.8 Å². The molecule has 1 aliphatic rings. The third kappa shape index (κ3) is 3.36. The summed E-state index contributed by atoms with van der Waals surface area (Å²) in [6.45, 7) is 6.60. The lowest BCUT2D eigenvalue weighted by Crippen LogP contribution is -2.39. The Balaban J connectivity index is 1.83. The van der Waals surface area contributed by atoms with E-state index in [0.717, 1.165) is 25.3 Å². The zero-order valence-electron chi connectivity index (χ0n) is 12.2. The SMILES string of the molecule is CC(C)C1(C(=O)O)CCN(CCSc2ccccc2)C1. The van der Waals surface area contributed by atoms with Crippen molar-refractivity contribution in [1.82, 2.24) is 4.90 Å². The summed E-state index contributed by atoms with van der Waals surface area (Å²) in [5.41, 5.74) is -0.544. The number of nitrogens with zero attached hydrogens (tertiary/aromatic N) is 1. The van der Waals surface area contributed by atoms with Gasteiger partial charge in [0.05, 0.1) is 5.41 Å². The van der Waals surface area contributed by atoms with Crippen LogP contribution in [0.2, 0.25) is 0 Å². The topological polar surface area (TPSA) is 40.5 Å². The Morgan fingerprint density at radius 1 is 1.40 bits per heavy atom. The largest absolute Gasteiger partial charge is 0.481 e. The molecule has 0 bridgehead atoms. The summed E-state index contributed by atoms with van der Waals surface area (Å²) in [5.74, 6) is 0.565. The molecule has 0 spiro atoms. The van der Waals surface area contributed by atoms with Crippen LogP contribution in [-0.2, 0) is 4.79 Å². The first-order valence-electron chi connectivity index (χ1n) is 7.18. The fraction of sp³-hybridized carbons (Fsp3) is 0.562. The lowest BCUT2D eigenvalue weighted by molar-refractivity contribution is -0.150. The van der Waals surface area contributed by atoms with Crippen LogP contribution in [-0.4, -0.2) is 41.4 Å². The molecule has 20 heavy (non-hydrogen) atoms. The fourth-order valence-corrected chi connectivity index (χ4v) is 3.74. The summed E-state index contributed by atoms with van der Waals surface area (Å²) < 4.78 is 0. The zero-order valence-corrected chi connectivity index (χ0v) is 13.0. The Bertz CT molecular complexity index is 449. The summed E-state index contributed by atoms with van der Waals surface area (Å²) in [7, 11) is 0. The maximum absolute atomic E-state index is 11.6. The highest BCUT2D eigenvalue weighted by molar-refractivity contribution is 7.99. The lowest BCUT2D eigenvalue weighted by Gasteiger charge is -2.28. The van der Waals surface area contributed by atoms with Crippen molar-refractivity contribution in [3.05, 3.63) is 30.3 Å². The summed E-state index contributed by atoms with van der Waals surface area (Å²) in [6, 6.07) is 10.3. The van der Waals surface area contributed by atoms with Crippen LogP contribution in [0.4, 0.5) is 0 Å². The molecule has 1 fully saturated rings. The van der Waals surface area contributed by atoms with E-state index in [1.165, 1.54) is 4.90 Å². The highest BCUT2D eigenvalue weighted by Crippen LogP contribution is 2.38. The third-order valence-corrected chi connectivity index (χ3v) is 5.32. The first kappa shape index (κ1) is 15.4. The number of rotatable bonds is 6. The molecule has 110 valence electrons. The van der Waals surface area contributed by atoms with Gasteiger partial charge in [0.1, 0.15) is 0 Å². The van der Waals surface area contributed by atoms with Crippen molar-refractivity contribution in [1.29, 1.82) is 0 Å². The smallest absolute Gasteiger partial charge is 0.311 e. The number of hydrogen-bond acceptors (Lipinski definition) is 3. The number of carboxylic acids is 1. The molecule has 1 N–H and O–H groups in total. The van der Waals surface area contributed by atoms with E-state index in [9.17, 15) is 9.90 Å². The van der Waals surface area contributed by atoms with Gasteiger partial charge in [-0.1, -0.05) is 32.0 Å². The summed E-state index contributed by atoms with van der Waals surface area (Å²) in [6.07, 6.45) is 0.774. The molecule has 1 aromatic rings. The van der Waals surface area contributed by atoms with Crippen LogP contribution in [0, 0.1) is 11.3 Å². The standard InChI is InChI=1S/C16H23NO2S/c1-13(2)16(15(18)19)8-9-17(12-16)10-11-20-14-6-4-3-5-7-14/h3-7,13H,8-12H2,1-2H3,(H,18,19). The van der Waals surface area contributed by atoms with Gasteiger partial charge in [-0.2, -0.15) is 0 Å². The minimum absolute atomic E-state index is 0.187. The maximum atomic E-state index is 11.6. The van der Waals surface area contributed by atoms with Crippen LogP contribution in [0.3, 0.4) is 0 Å². The number of thioether (sulfide) groups is 1. The van der Waals surface area contributed by atoms with Crippen molar-refractivity contribution in [2.45, 2.75) is 25.2 Å². The molecule has 0 amide bonds. The maximum Gasteiger partial charge on any atom is 0.311 e. The first-order valence-corrected chi connectivity index (χ1v) is 8.17. The Hall–Kier alpha value is -1.00. The van der Waals surface area contributed by atoms with Crippen molar-refractivity contribution < 1.29 is 9.90 Å². The molecule has 1 unspecified atom stereocenters. The normalized spacial score (nSPS) is 23.4. The first-order chi connectivity index (χ1) is 9.54. The van der Waals surface area contributed by atoms with Crippen molar-refractivity contribution in [3.63, 3.8) is 0 Å². The summed E-state index contributed by atoms with van der Waals surface area (Å²) >= 11 is 1.84. The van der Waals surface area contributed by atoms with E-state index in [1.807, 2.05) is 43.8 Å². The predicted octanol–water partition coefficient (Wildman–Crippen LogP) is 3.21. The minimum atomic E-state index is -0.634. The van der Waals surface area contributed by atoms with Gasteiger partial charge in [-0.3, -0.25) is 4.79 Å².